The van der Waals surface area contributed by atoms with Crippen LogP contribution in [-0.4, -0.2) is 30.0 Å². The predicted molar refractivity (Wildman–Crippen MR) is 148 cm³/mol. The Hall–Kier alpha value is -2.34. The third kappa shape index (κ3) is 6.41. The normalized spacial score (nSPS) is 11.1. The molecule has 1 aromatic heterocycles. The zero-order valence-corrected chi connectivity index (χ0v) is 22.5. The lowest BCUT2D eigenvalue weighted by Gasteiger charge is -2.14. The van der Waals surface area contributed by atoms with Gasteiger partial charge in [-0.25, -0.2) is 10.4 Å². The van der Waals surface area contributed by atoms with E-state index in [4.69, 9.17) is 21.1 Å². The first-order chi connectivity index (χ1) is 16.5. The van der Waals surface area contributed by atoms with Crippen molar-refractivity contribution in [1.82, 2.24) is 10.4 Å². The molecule has 1 amide bonds. The van der Waals surface area contributed by atoms with E-state index in [1.165, 1.54) is 11.8 Å². The number of thioether (sulfide) groups is 1. The lowest BCUT2D eigenvalue weighted by atomic mass is 10.2. The van der Waals surface area contributed by atoms with Crippen LogP contribution in [0.2, 0.25) is 5.02 Å². The minimum atomic E-state index is -0.207. The molecule has 0 unspecified atom stereocenters. The van der Waals surface area contributed by atoms with Crippen molar-refractivity contribution in [2.45, 2.75) is 10.9 Å². The fourth-order valence-corrected chi connectivity index (χ4v) is 5.80. The van der Waals surface area contributed by atoms with E-state index in [-0.39, 0.29) is 11.7 Å². The van der Waals surface area contributed by atoms with Gasteiger partial charge >= 0.3 is 0 Å². The van der Waals surface area contributed by atoms with Crippen LogP contribution in [0, 0.1) is 3.57 Å². The van der Waals surface area contributed by atoms with Crippen molar-refractivity contribution in [3.05, 3.63) is 80.4 Å². The highest BCUT2D eigenvalue weighted by Gasteiger charge is 2.13. The zero-order chi connectivity index (χ0) is 23.9. The van der Waals surface area contributed by atoms with E-state index < -0.39 is 0 Å². The number of benzene rings is 3. The lowest BCUT2D eigenvalue weighted by molar-refractivity contribution is -0.118. The summed E-state index contributed by atoms with van der Waals surface area (Å²) in [5.74, 6) is 1.21. The van der Waals surface area contributed by atoms with Crippen LogP contribution >= 0.6 is 57.3 Å². The Labute approximate surface area is 223 Å². The van der Waals surface area contributed by atoms with Crippen LogP contribution in [0.3, 0.4) is 0 Å². The molecule has 1 heterocycles. The number of halogens is 2. The van der Waals surface area contributed by atoms with Crippen LogP contribution in [0.15, 0.2) is 70.1 Å². The number of ether oxygens (including phenoxy) is 2. The summed E-state index contributed by atoms with van der Waals surface area (Å²) in [6.45, 7) is 0.321. The summed E-state index contributed by atoms with van der Waals surface area (Å²) in [4.78, 5) is 16.7. The van der Waals surface area contributed by atoms with Crippen LogP contribution in [0.25, 0.3) is 10.2 Å². The van der Waals surface area contributed by atoms with Gasteiger partial charge in [-0.05, 0) is 58.5 Å². The third-order valence-corrected chi connectivity index (χ3v) is 7.93. The number of thiazole rings is 1. The Bertz CT molecular complexity index is 1310. The molecule has 10 heteroatoms. The molecule has 34 heavy (non-hydrogen) atoms. The summed E-state index contributed by atoms with van der Waals surface area (Å²) in [5.41, 5.74) is 5.15. The van der Waals surface area contributed by atoms with E-state index in [9.17, 15) is 4.79 Å². The molecule has 0 aliphatic rings. The molecule has 4 rings (SSSR count). The van der Waals surface area contributed by atoms with E-state index in [0.29, 0.717) is 23.1 Å². The molecule has 0 atom stereocenters. The fourth-order valence-electron chi connectivity index (χ4n) is 2.97. The third-order valence-electron chi connectivity index (χ3n) is 4.59. The summed E-state index contributed by atoms with van der Waals surface area (Å²) < 4.78 is 14.3. The van der Waals surface area contributed by atoms with Crippen molar-refractivity contribution in [3.63, 3.8) is 0 Å². The van der Waals surface area contributed by atoms with Crippen molar-refractivity contribution in [1.29, 1.82) is 0 Å². The average Bonchev–Trinajstić information content (AvgIpc) is 3.26. The van der Waals surface area contributed by atoms with Crippen molar-refractivity contribution in [3.8, 4) is 11.5 Å². The second-order valence-electron chi connectivity index (χ2n) is 6.94. The molecule has 0 spiro atoms. The van der Waals surface area contributed by atoms with Crippen LogP contribution in [0.1, 0.15) is 11.1 Å². The number of hydrogen-bond acceptors (Lipinski definition) is 7. The Morgan fingerprint density at radius 1 is 1.24 bits per heavy atom. The number of carbonyl (C=O) groups excluding carboxylic acids is 1. The number of methoxy groups -OCH3 is 1. The van der Waals surface area contributed by atoms with Gasteiger partial charge in [0, 0.05) is 10.6 Å². The molecule has 0 radical (unpaired) electrons. The minimum Gasteiger partial charge on any atom is -0.493 e. The van der Waals surface area contributed by atoms with E-state index >= 15 is 0 Å². The van der Waals surface area contributed by atoms with E-state index in [2.05, 4.69) is 38.1 Å². The average molecular weight is 624 g/mol. The van der Waals surface area contributed by atoms with Crippen molar-refractivity contribution in [2.24, 2.45) is 5.10 Å². The van der Waals surface area contributed by atoms with Crippen LogP contribution < -0.4 is 14.9 Å². The van der Waals surface area contributed by atoms with Gasteiger partial charge in [0.25, 0.3) is 5.91 Å². The molecule has 0 bridgehead atoms. The second kappa shape index (κ2) is 11.9. The first kappa shape index (κ1) is 24.8. The summed E-state index contributed by atoms with van der Waals surface area (Å²) >= 11 is 11.4. The lowest BCUT2D eigenvalue weighted by Crippen LogP contribution is -2.19. The number of nitrogens with zero attached hydrogens (tertiary/aromatic N) is 2. The highest BCUT2D eigenvalue weighted by Crippen LogP contribution is 2.34. The SMILES string of the molecule is COc1cc(/C=N\NC(=O)CSc2nc3ccccc3s2)cc(I)c1OCc1ccccc1Cl. The largest absolute Gasteiger partial charge is 0.493 e. The molecule has 3 aromatic carbocycles. The summed E-state index contributed by atoms with van der Waals surface area (Å²) in [6.07, 6.45) is 1.57. The van der Waals surface area contributed by atoms with Gasteiger partial charge < -0.3 is 9.47 Å². The number of hydrogen-bond donors (Lipinski definition) is 1. The second-order valence-corrected chi connectivity index (χ2v) is 10.8. The number of amides is 1. The van der Waals surface area contributed by atoms with Gasteiger partial charge in [0.05, 0.1) is 32.9 Å². The Balaban J connectivity index is 1.34. The van der Waals surface area contributed by atoms with Gasteiger partial charge in [0.2, 0.25) is 0 Å². The fraction of sp³-hybridized carbons (Fsp3) is 0.125. The van der Waals surface area contributed by atoms with E-state index in [1.807, 2.05) is 54.6 Å². The first-order valence-electron chi connectivity index (χ1n) is 10.1. The molecule has 0 saturated heterocycles. The van der Waals surface area contributed by atoms with Gasteiger partial charge in [-0.3, -0.25) is 4.79 Å². The number of nitrogens with one attached hydrogen (secondary N) is 1. The molecule has 6 nitrogen and oxygen atoms in total. The summed E-state index contributed by atoms with van der Waals surface area (Å²) in [6, 6.07) is 19.1. The highest BCUT2D eigenvalue weighted by atomic mass is 127. The summed E-state index contributed by atoms with van der Waals surface area (Å²) in [7, 11) is 1.58. The number of para-hydroxylation sites is 1. The highest BCUT2D eigenvalue weighted by molar-refractivity contribution is 14.1. The number of carbonyl (C=O) groups is 1. The molecule has 4 aromatic rings. The maximum atomic E-state index is 12.2. The van der Waals surface area contributed by atoms with Gasteiger partial charge in [-0.15, -0.1) is 11.3 Å². The first-order valence-corrected chi connectivity index (χ1v) is 13.3. The van der Waals surface area contributed by atoms with Crippen molar-refractivity contribution >= 4 is 79.6 Å². The number of aromatic nitrogens is 1. The van der Waals surface area contributed by atoms with Crippen molar-refractivity contribution < 1.29 is 14.3 Å². The van der Waals surface area contributed by atoms with Crippen LogP contribution in [0.4, 0.5) is 0 Å². The maximum absolute atomic E-state index is 12.2. The standard InChI is InChI=1S/C24H19ClIN3O3S2/c1-31-20-11-15(10-18(26)23(20)32-13-16-6-2-3-7-17(16)25)12-27-29-22(30)14-33-24-28-19-8-4-5-9-21(19)34-24/h2-12H,13-14H2,1H3,(H,29,30)/b27-12-. The molecular weight excluding hydrogens is 605 g/mol. The molecular formula is C24H19ClIN3O3S2. The monoisotopic (exact) mass is 623 g/mol. The van der Waals surface area contributed by atoms with E-state index in [1.54, 1.807) is 30.7 Å². The summed E-state index contributed by atoms with van der Waals surface area (Å²) in [5, 5.41) is 4.73. The van der Waals surface area contributed by atoms with Crippen molar-refractivity contribution in [2.75, 3.05) is 12.9 Å². The quantitative estimate of drug-likeness (QED) is 0.101. The molecule has 0 aliphatic carbocycles. The topological polar surface area (TPSA) is 72.8 Å². The van der Waals surface area contributed by atoms with Gasteiger partial charge in [0.15, 0.2) is 15.8 Å². The minimum absolute atomic E-state index is 0.207. The number of rotatable bonds is 9. The molecule has 174 valence electrons. The van der Waals surface area contributed by atoms with Gasteiger partial charge in [0.1, 0.15) is 6.61 Å². The van der Waals surface area contributed by atoms with Gasteiger partial charge in [-0.2, -0.15) is 5.10 Å². The van der Waals surface area contributed by atoms with Crippen LogP contribution in [0.5, 0.6) is 11.5 Å². The molecule has 0 saturated carbocycles. The zero-order valence-electron chi connectivity index (χ0n) is 18.0. The molecule has 0 aliphatic heterocycles. The Morgan fingerprint density at radius 3 is 2.82 bits per heavy atom. The Morgan fingerprint density at radius 2 is 2.03 bits per heavy atom. The smallest absolute Gasteiger partial charge is 0.250 e. The van der Waals surface area contributed by atoms with Crippen LogP contribution in [-0.2, 0) is 11.4 Å². The van der Waals surface area contributed by atoms with E-state index in [0.717, 1.165) is 29.3 Å². The maximum Gasteiger partial charge on any atom is 0.250 e. The number of fused-ring (bicyclic) bond motifs is 1. The number of hydrazone groups is 1. The predicted octanol–water partition coefficient (Wildman–Crippen LogP) is 6.38. The molecule has 0 fully saturated rings. The van der Waals surface area contributed by atoms with Gasteiger partial charge in [-0.1, -0.05) is 53.7 Å². The Kier molecular flexibility index (Phi) is 8.65. The molecule has 1 N–H and O–H groups in total.